The van der Waals surface area contributed by atoms with Crippen LogP contribution >= 0.6 is 0 Å². The molecule has 24 heavy (non-hydrogen) atoms. The number of amides is 4. The van der Waals surface area contributed by atoms with Gasteiger partial charge in [-0.2, -0.15) is 0 Å². The van der Waals surface area contributed by atoms with Crippen molar-refractivity contribution in [3.63, 3.8) is 0 Å². The Balaban J connectivity index is 2.45. The predicted octanol–water partition coefficient (Wildman–Crippen LogP) is 0.929. The Morgan fingerprint density at radius 2 is 1.71 bits per heavy atom. The molecule has 0 bridgehead atoms. The Bertz CT molecular complexity index is 572. The Morgan fingerprint density at radius 3 is 2.25 bits per heavy atom. The lowest BCUT2D eigenvalue weighted by Gasteiger charge is -2.13. The highest BCUT2D eigenvalue weighted by atomic mass is 16.5. The Labute approximate surface area is 141 Å². The molecule has 132 valence electrons. The Kier molecular flexibility index (Phi) is 7.54. The van der Waals surface area contributed by atoms with Gasteiger partial charge in [-0.3, -0.25) is 20.4 Å². The van der Waals surface area contributed by atoms with Crippen LogP contribution in [0.2, 0.25) is 0 Å². The fourth-order valence-electron chi connectivity index (χ4n) is 1.69. The van der Waals surface area contributed by atoms with E-state index in [0.717, 1.165) is 6.42 Å². The van der Waals surface area contributed by atoms with Crippen LogP contribution < -0.4 is 26.6 Å². The third-order valence-corrected chi connectivity index (χ3v) is 3.13. The van der Waals surface area contributed by atoms with Crippen LogP contribution in [-0.2, 0) is 4.79 Å². The highest BCUT2D eigenvalue weighted by molar-refractivity contribution is 5.96. The maximum Gasteiger partial charge on any atom is 0.312 e. The van der Waals surface area contributed by atoms with Gasteiger partial charge in [0.1, 0.15) is 11.8 Å². The molecule has 8 nitrogen and oxygen atoms in total. The second kappa shape index (κ2) is 9.39. The molecule has 8 heteroatoms. The van der Waals surface area contributed by atoms with E-state index in [2.05, 4.69) is 30.0 Å². The van der Waals surface area contributed by atoms with Gasteiger partial charge >= 0.3 is 6.03 Å². The summed E-state index contributed by atoms with van der Waals surface area (Å²) in [5.74, 6) is 0.166. The topological polar surface area (TPSA) is 123 Å². The van der Waals surface area contributed by atoms with Gasteiger partial charge in [0, 0.05) is 5.56 Å². The highest BCUT2D eigenvalue weighted by Crippen LogP contribution is 2.13. The molecule has 0 aromatic heterocycles. The largest absolute Gasteiger partial charge is 0.494 e. The van der Waals surface area contributed by atoms with Crippen molar-refractivity contribution in [1.82, 2.24) is 16.2 Å². The van der Waals surface area contributed by atoms with Gasteiger partial charge in [-0.05, 0) is 43.5 Å². The second-order valence-corrected chi connectivity index (χ2v) is 5.73. The summed E-state index contributed by atoms with van der Waals surface area (Å²) in [5, 5.41) is 2.20. The molecule has 0 saturated carbocycles. The van der Waals surface area contributed by atoms with Crippen LogP contribution in [0.25, 0.3) is 0 Å². The van der Waals surface area contributed by atoms with Crippen LogP contribution in [0, 0.1) is 5.92 Å². The summed E-state index contributed by atoms with van der Waals surface area (Å²) < 4.78 is 5.56. The monoisotopic (exact) mass is 336 g/mol. The van der Waals surface area contributed by atoms with E-state index in [9.17, 15) is 14.4 Å². The summed E-state index contributed by atoms with van der Waals surface area (Å²) in [6.07, 6.45) is 0.950. The van der Waals surface area contributed by atoms with E-state index in [0.29, 0.717) is 23.8 Å². The van der Waals surface area contributed by atoms with E-state index in [1.165, 1.54) is 6.92 Å². The predicted molar refractivity (Wildman–Crippen MR) is 89.2 cm³/mol. The first-order valence-corrected chi connectivity index (χ1v) is 7.68. The molecule has 1 atom stereocenters. The molecule has 0 aliphatic heterocycles. The third-order valence-electron chi connectivity index (χ3n) is 3.13. The van der Waals surface area contributed by atoms with E-state index < -0.39 is 23.9 Å². The molecule has 5 N–H and O–H groups in total. The lowest BCUT2D eigenvalue weighted by atomic mass is 10.1. The zero-order chi connectivity index (χ0) is 18.1. The Morgan fingerprint density at radius 1 is 1.08 bits per heavy atom. The summed E-state index contributed by atoms with van der Waals surface area (Å²) in [6, 6.07) is 4.88. The number of hydrogen-bond acceptors (Lipinski definition) is 4. The highest BCUT2D eigenvalue weighted by Gasteiger charge is 2.15. The van der Waals surface area contributed by atoms with Crippen molar-refractivity contribution in [2.24, 2.45) is 11.7 Å². The van der Waals surface area contributed by atoms with Crippen molar-refractivity contribution in [3.8, 4) is 5.75 Å². The smallest absolute Gasteiger partial charge is 0.312 e. The number of hydrazine groups is 1. The number of benzene rings is 1. The number of carbonyl (C=O) groups is 3. The van der Waals surface area contributed by atoms with Crippen molar-refractivity contribution in [2.75, 3.05) is 6.61 Å². The van der Waals surface area contributed by atoms with Crippen LogP contribution in [0.5, 0.6) is 5.75 Å². The van der Waals surface area contributed by atoms with Crippen LogP contribution in [0.3, 0.4) is 0 Å². The third kappa shape index (κ3) is 6.99. The van der Waals surface area contributed by atoms with Crippen molar-refractivity contribution < 1.29 is 19.1 Å². The molecular weight excluding hydrogens is 312 g/mol. The summed E-state index contributed by atoms with van der Waals surface area (Å²) in [4.78, 5) is 34.2. The second-order valence-electron chi connectivity index (χ2n) is 5.73. The molecule has 0 aliphatic carbocycles. The molecule has 4 amide bonds. The van der Waals surface area contributed by atoms with Crippen molar-refractivity contribution in [3.05, 3.63) is 29.8 Å². The lowest BCUT2D eigenvalue weighted by Crippen LogP contribution is -2.52. The molecule has 1 rings (SSSR count). The number of hydrogen-bond donors (Lipinski definition) is 4. The summed E-state index contributed by atoms with van der Waals surface area (Å²) in [6.45, 7) is 6.29. The molecular formula is C16H24N4O4. The lowest BCUT2D eigenvalue weighted by molar-refractivity contribution is -0.123. The molecule has 0 aliphatic rings. The molecule has 0 saturated heterocycles. The van der Waals surface area contributed by atoms with Crippen LogP contribution in [-0.4, -0.2) is 30.5 Å². The quantitative estimate of drug-likeness (QED) is 0.553. The van der Waals surface area contributed by atoms with Gasteiger partial charge in [-0.1, -0.05) is 13.8 Å². The number of ether oxygens (including phenoxy) is 1. The van der Waals surface area contributed by atoms with Crippen LogP contribution in [0.4, 0.5) is 4.79 Å². The van der Waals surface area contributed by atoms with E-state index >= 15 is 0 Å². The molecule has 0 fully saturated rings. The van der Waals surface area contributed by atoms with Crippen molar-refractivity contribution in [2.45, 2.75) is 33.2 Å². The number of nitrogens with one attached hydrogen (secondary N) is 3. The normalized spacial score (nSPS) is 11.5. The maximum absolute atomic E-state index is 11.9. The minimum Gasteiger partial charge on any atom is -0.494 e. The van der Waals surface area contributed by atoms with E-state index in [1.807, 2.05) is 0 Å². The number of nitrogens with two attached hydrogens (primary N) is 1. The fraction of sp³-hybridized carbons (Fsp3) is 0.438. The van der Waals surface area contributed by atoms with Gasteiger partial charge < -0.3 is 15.8 Å². The molecule has 1 aromatic carbocycles. The molecule has 0 spiro atoms. The summed E-state index contributed by atoms with van der Waals surface area (Å²) in [5.41, 5.74) is 9.74. The van der Waals surface area contributed by atoms with Gasteiger partial charge in [0.05, 0.1) is 6.61 Å². The molecule has 0 heterocycles. The number of carbonyl (C=O) groups excluding carboxylic acids is 3. The first kappa shape index (κ1) is 19.3. The average molecular weight is 336 g/mol. The molecule has 0 radical (unpaired) electrons. The molecule has 1 aromatic rings. The van der Waals surface area contributed by atoms with Crippen molar-refractivity contribution in [1.29, 1.82) is 0 Å². The first-order chi connectivity index (χ1) is 11.3. The number of primary amides is 1. The first-order valence-electron chi connectivity index (χ1n) is 7.68. The van der Waals surface area contributed by atoms with E-state index in [-0.39, 0.29) is 0 Å². The number of urea groups is 1. The van der Waals surface area contributed by atoms with E-state index in [4.69, 9.17) is 10.5 Å². The average Bonchev–Trinajstić information content (AvgIpc) is 2.51. The van der Waals surface area contributed by atoms with Gasteiger partial charge in [-0.25, -0.2) is 4.79 Å². The van der Waals surface area contributed by atoms with Gasteiger partial charge in [0.25, 0.3) is 11.8 Å². The Hall–Kier alpha value is -2.77. The van der Waals surface area contributed by atoms with Crippen LogP contribution in [0.1, 0.15) is 37.6 Å². The zero-order valence-electron chi connectivity index (χ0n) is 14.1. The zero-order valence-corrected chi connectivity index (χ0v) is 14.1. The summed E-state index contributed by atoms with van der Waals surface area (Å²) in [7, 11) is 0. The molecule has 1 unspecified atom stereocenters. The van der Waals surface area contributed by atoms with Gasteiger partial charge in [0.15, 0.2) is 0 Å². The minimum atomic E-state index is -0.862. The fourth-order valence-corrected chi connectivity index (χ4v) is 1.69. The van der Waals surface area contributed by atoms with Gasteiger partial charge in [-0.15, -0.1) is 0 Å². The van der Waals surface area contributed by atoms with Gasteiger partial charge in [0.2, 0.25) is 0 Å². The van der Waals surface area contributed by atoms with Crippen molar-refractivity contribution >= 4 is 17.8 Å². The number of rotatable bonds is 7. The SMILES string of the molecule is CC(C)CCOc1ccc(C(=O)NNC(=O)C(C)NC(N)=O)cc1. The van der Waals surface area contributed by atoms with Crippen LogP contribution in [0.15, 0.2) is 24.3 Å². The minimum absolute atomic E-state index is 0.363. The maximum atomic E-state index is 11.9. The standard InChI is InChI=1S/C16H24N4O4/c1-10(2)8-9-24-13-6-4-12(5-7-13)15(22)20-19-14(21)11(3)18-16(17)23/h4-7,10-11H,8-9H2,1-3H3,(H,19,21)(H,20,22)(H3,17,18,23). The summed E-state index contributed by atoms with van der Waals surface area (Å²) >= 11 is 0. The van der Waals surface area contributed by atoms with E-state index in [1.54, 1.807) is 24.3 Å².